The lowest BCUT2D eigenvalue weighted by atomic mass is 10.2. The summed E-state index contributed by atoms with van der Waals surface area (Å²) in [5.41, 5.74) is 6.62. The Bertz CT molecular complexity index is 763. The topological polar surface area (TPSA) is 63.4 Å². The lowest BCUT2D eigenvalue weighted by Crippen LogP contribution is -2.27. The minimum absolute atomic E-state index is 0.0811. The first-order chi connectivity index (χ1) is 9.82. The highest BCUT2D eigenvalue weighted by molar-refractivity contribution is 7.89. The summed E-state index contributed by atoms with van der Waals surface area (Å²) >= 11 is 11.9. The molecule has 0 fully saturated rings. The third kappa shape index (κ3) is 3.49. The van der Waals surface area contributed by atoms with Crippen molar-refractivity contribution in [3.8, 4) is 0 Å². The van der Waals surface area contributed by atoms with Gasteiger partial charge in [0.15, 0.2) is 0 Å². The van der Waals surface area contributed by atoms with Gasteiger partial charge in [0.1, 0.15) is 4.90 Å². The number of para-hydroxylation sites is 1. The zero-order chi connectivity index (χ0) is 15.6. The molecule has 0 unspecified atom stereocenters. The van der Waals surface area contributed by atoms with Crippen LogP contribution >= 0.6 is 23.2 Å². The Hall–Kier alpha value is -1.27. The van der Waals surface area contributed by atoms with Crippen LogP contribution in [0.5, 0.6) is 0 Å². The Balaban J connectivity index is 2.31. The number of nitrogens with zero attached hydrogens (tertiary/aromatic N) is 1. The Morgan fingerprint density at radius 2 is 1.81 bits per heavy atom. The summed E-state index contributed by atoms with van der Waals surface area (Å²) < 4.78 is 26.2. The van der Waals surface area contributed by atoms with E-state index < -0.39 is 10.0 Å². The first kappa shape index (κ1) is 16.1. The predicted octanol–water partition coefficient (Wildman–Crippen LogP) is 3.40. The van der Waals surface area contributed by atoms with Crippen molar-refractivity contribution in [3.63, 3.8) is 0 Å². The van der Waals surface area contributed by atoms with E-state index in [1.54, 1.807) is 36.4 Å². The standard InChI is InChI=1S/C14H14Cl2N2O2S/c1-18(9-10-6-7-11(15)8-12(10)16)21(19,20)14-5-3-2-4-13(14)17/h2-8H,9,17H2,1H3. The zero-order valence-electron chi connectivity index (χ0n) is 11.3. The first-order valence-corrected chi connectivity index (χ1v) is 8.27. The molecule has 112 valence electrons. The highest BCUT2D eigenvalue weighted by Crippen LogP contribution is 2.26. The van der Waals surface area contributed by atoms with Crippen LogP contribution in [0.25, 0.3) is 0 Å². The fourth-order valence-electron chi connectivity index (χ4n) is 1.86. The van der Waals surface area contributed by atoms with Crippen molar-refractivity contribution in [1.82, 2.24) is 4.31 Å². The minimum atomic E-state index is -3.68. The molecular weight excluding hydrogens is 331 g/mol. The first-order valence-electron chi connectivity index (χ1n) is 6.07. The molecule has 0 bridgehead atoms. The van der Waals surface area contributed by atoms with E-state index in [2.05, 4.69) is 0 Å². The molecule has 2 N–H and O–H groups in total. The molecule has 0 heterocycles. The van der Waals surface area contributed by atoms with Crippen LogP contribution in [0.1, 0.15) is 5.56 Å². The van der Waals surface area contributed by atoms with Gasteiger partial charge in [-0.25, -0.2) is 8.42 Å². The van der Waals surface area contributed by atoms with Crippen molar-refractivity contribution in [2.75, 3.05) is 12.8 Å². The van der Waals surface area contributed by atoms with Crippen LogP contribution in [0.2, 0.25) is 10.0 Å². The average Bonchev–Trinajstić information content (AvgIpc) is 2.42. The SMILES string of the molecule is CN(Cc1ccc(Cl)cc1Cl)S(=O)(=O)c1ccccc1N. The molecule has 2 rings (SSSR count). The maximum atomic E-state index is 12.5. The second kappa shape index (κ2) is 6.23. The van der Waals surface area contributed by atoms with E-state index in [0.29, 0.717) is 15.6 Å². The number of hydrogen-bond donors (Lipinski definition) is 1. The molecule has 0 aliphatic rings. The van der Waals surface area contributed by atoms with Gasteiger partial charge in [-0.1, -0.05) is 41.4 Å². The molecule has 2 aromatic carbocycles. The number of halogens is 2. The van der Waals surface area contributed by atoms with Crippen molar-refractivity contribution in [3.05, 3.63) is 58.1 Å². The highest BCUT2D eigenvalue weighted by atomic mass is 35.5. The molecule has 0 spiro atoms. The maximum Gasteiger partial charge on any atom is 0.245 e. The van der Waals surface area contributed by atoms with Crippen LogP contribution in [0, 0.1) is 0 Å². The summed E-state index contributed by atoms with van der Waals surface area (Å²) in [5, 5.41) is 0.923. The summed E-state index contributed by atoms with van der Waals surface area (Å²) in [6.45, 7) is 0.132. The van der Waals surface area contributed by atoms with Crippen LogP contribution in [-0.2, 0) is 16.6 Å². The van der Waals surface area contributed by atoms with Crippen LogP contribution < -0.4 is 5.73 Å². The van der Waals surface area contributed by atoms with Crippen molar-refractivity contribution in [2.45, 2.75) is 11.4 Å². The molecule has 0 atom stereocenters. The molecule has 2 aromatic rings. The predicted molar refractivity (Wildman–Crippen MR) is 86.0 cm³/mol. The molecule has 0 saturated heterocycles. The second-order valence-electron chi connectivity index (χ2n) is 4.53. The molecule has 0 amide bonds. The Labute approximate surface area is 134 Å². The van der Waals surface area contributed by atoms with Gasteiger partial charge in [-0.15, -0.1) is 0 Å². The lowest BCUT2D eigenvalue weighted by Gasteiger charge is -2.19. The maximum absolute atomic E-state index is 12.5. The molecule has 7 heteroatoms. The highest BCUT2D eigenvalue weighted by Gasteiger charge is 2.23. The Morgan fingerprint density at radius 3 is 2.43 bits per heavy atom. The van der Waals surface area contributed by atoms with Crippen LogP contribution in [0.4, 0.5) is 5.69 Å². The third-order valence-electron chi connectivity index (χ3n) is 3.02. The summed E-state index contributed by atoms with van der Waals surface area (Å²) in [7, 11) is -2.20. The Kier molecular flexibility index (Phi) is 4.78. The van der Waals surface area contributed by atoms with Gasteiger partial charge in [0.2, 0.25) is 10.0 Å². The van der Waals surface area contributed by atoms with E-state index in [0.717, 1.165) is 0 Å². The quantitative estimate of drug-likeness (QED) is 0.864. The zero-order valence-corrected chi connectivity index (χ0v) is 13.6. The molecular formula is C14H14Cl2N2O2S. The van der Waals surface area contributed by atoms with E-state index in [4.69, 9.17) is 28.9 Å². The van der Waals surface area contributed by atoms with Crippen LogP contribution in [0.3, 0.4) is 0 Å². The van der Waals surface area contributed by atoms with Crippen LogP contribution in [-0.4, -0.2) is 19.8 Å². The smallest absolute Gasteiger partial charge is 0.245 e. The fraction of sp³-hybridized carbons (Fsp3) is 0.143. The number of sulfonamides is 1. The number of anilines is 1. The minimum Gasteiger partial charge on any atom is -0.398 e. The van der Waals surface area contributed by atoms with Crippen molar-refractivity contribution in [2.24, 2.45) is 0 Å². The fourth-order valence-corrected chi connectivity index (χ4v) is 3.59. The van der Waals surface area contributed by atoms with Crippen molar-refractivity contribution < 1.29 is 8.42 Å². The Morgan fingerprint density at radius 1 is 1.14 bits per heavy atom. The summed E-state index contributed by atoms with van der Waals surface area (Å²) in [4.78, 5) is 0.0811. The number of benzene rings is 2. The normalized spacial score (nSPS) is 11.8. The molecule has 21 heavy (non-hydrogen) atoms. The van der Waals surface area contributed by atoms with Gasteiger partial charge in [-0.2, -0.15) is 4.31 Å². The van der Waals surface area contributed by atoms with E-state index in [9.17, 15) is 8.42 Å². The number of hydrogen-bond acceptors (Lipinski definition) is 3. The largest absolute Gasteiger partial charge is 0.398 e. The van der Waals surface area contributed by atoms with Crippen LogP contribution in [0.15, 0.2) is 47.4 Å². The monoisotopic (exact) mass is 344 g/mol. The van der Waals surface area contributed by atoms with Gasteiger partial charge in [-0.05, 0) is 29.8 Å². The van der Waals surface area contributed by atoms with Gasteiger partial charge < -0.3 is 5.73 Å². The lowest BCUT2D eigenvalue weighted by molar-refractivity contribution is 0.467. The van der Waals surface area contributed by atoms with Gasteiger partial charge in [0.05, 0.1) is 5.69 Å². The van der Waals surface area contributed by atoms with E-state index in [1.165, 1.54) is 17.4 Å². The summed E-state index contributed by atoms with van der Waals surface area (Å²) in [6.07, 6.45) is 0. The molecule has 0 aliphatic heterocycles. The van der Waals surface area contributed by atoms with Gasteiger partial charge >= 0.3 is 0 Å². The number of nitrogen functional groups attached to an aromatic ring is 1. The molecule has 4 nitrogen and oxygen atoms in total. The van der Waals surface area contributed by atoms with Crippen molar-refractivity contribution >= 4 is 38.9 Å². The molecule has 0 aliphatic carbocycles. The molecule has 0 aromatic heterocycles. The molecule has 0 radical (unpaired) electrons. The van der Waals surface area contributed by atoms with Gasteiger partial charge in [0, 0.05) is 23.6 Å². The van der Waals surface area contributed by atoms with E-state index in [1.807, 2.05) is 0 Å². The molecule has 0 saturated carbocycles. The number of nitrogens with two attached hydrogens (primary N) is 1. The van der Waals surface area contributed by atoms with Gasteiger partial charge in [0.25, 0.3) is 0 Å². The third-order valence-corrected chi connectivity index (χ3v) is 5.48. The summed E-state index contributed by atoms with van der Waals surface area (Å²) in [6, 6.07) is 11.3. The summed E-state index contributed by atoms with van der Waals surface area (Å²) in [5.74, 6) is 0. The van der Waals surface area contributed by atoms with E-state index >= 15 is 0 Å². The average molecular weight is 345 g/mol. The van der Waals surface area contributed by atoms with E-state index in [-0.39, 0.29) is 17.1 Å². The van der Waals surface area contributed by atoms with Crippen molar-refractivity contribution in [1.29, 1.82) is 0 Å². The van der Waals surface area contributed by atoms with Gasteiger partial charge in [-0.3, -0.25) is 0 Å². The second-order valence-corrected chi connectivity index (χ2v) is 7.39. The number of rotatable bonds is 4.